The van der Waals surface area contributed by atoms with E-state index in [4.69, 9.17) is 4.74 Å². The van der Waals surface area contributed by atoms with Gasteiger partial charge in [-0.1, -0.05) is 18.2 Å². The second kappa shape index (κ2) is 12.3. The fourth-order valence-electron chi connectivity index (χ4n) is 3.32. The van der Waals surface area contributed by atoms with E-state index in [-0.39, 0.29) is 18.7 Å². The van der Waals surface area contributed by atoms with Crippen LogP contribution in [0.3, 0.4) is 0 Å². The first-order valence-electron chi connectivity index (χ1n) is 11.6. The molecule has 1 aromatic carbocycles. The molecule has 0 saturated heterocycles. The molecule has 9 nitrogen and oxygen atoms in total. The number of aromatic nitrogens is 3. The average Bonchev–Trinajstić information content (AvgIpc) is 2.78. The lowest BCUT2D eigenvalue weighted by Crippen LogP contribution is -2.48. The number of ether oxygens (including phenoxy) is 1. The molecule has 2 rings (SSSR count). The average molecular weight is 553 g/mol. The molecule has 0 atom stereocenters. The molecule has 1 aromatic heterocycles. The first-order valence-corrected chi connectivity index (χ1v) is 11.6. The van der Waals surface area contributed by atoms with E-state index in [1.807, 2.05) is 0 Å². The topological polar surface area (TPSA) is 118 Å². The molecule has 0 bridgehead atoms. The van der Waals surface area contributed by atoms with E-state index in [1.165, 1.54) is 19.9 Å². The van der Waals surface area contributed by atoms with Gasteiger partial charge in [0.05, 0.1) is 5.97 Å². The van der Waals surface area contributed by atoms with Crippen molar-refractivity contribution in [1.29, 1.82) is 0 Å². The maximum absolute atomic E-state index is 12.8. The number of nitrogens with zero attached hydrogens (tertiary/aromatic N) is 3. The second-order valence-electron chi connectivity index (χ2n) is 8.93. The molecule has 0 amide bonds. The number of para-hydroxylation sites is 1. The Morgan fingerprint density at radius 2 is 1.58 bits per heavy atom. The van der Waals surface area contributed by atoms with Gasteiger partial charge in [0, 0.05) is 32.5 Å². The third-order valence-corrected chi connectivity index (χ3v) is 5.31. The predicted octanol–water partition coefficient (Wildman–Crippen LogP) is 2.65. The van der Waals surface area contributed by atoms with Crippen LogP contribution in [0.25, 0.3) is 0 Å². The van der Waals surface area contributed by atoms with Crippen LogP contribution in [0, 0.1) is 0 Å². The highest BCUT2D eigenvalue weighted by atomic mass is 19.4. The van der Waals surface area contributed by atoms with Crippen molar-refractivity contribution in [3.63, 3.8) is 0 Å². The van der Waals surface area contributed by atoms with Crippen molar-refractivity contribution in [2.24, 2.45) is 0 Å². The predicted molar refractivity (Wildman–Crippen MR) is 122 cm³/mol. The highest BCUT2D eigenvalue weighted by Gasteiger charge is 2.28. The van der Waals surface area contributed by atoms with Gasteiger partial charge in [-0.2, -0.15) is 26.3 Å². The summed E-state index contributed by atoms with van der Waals surface area (Å²) in [5.74, 6) is -1.66. The van der Waals surface area contributed by atoms with Crippen LogP contribution in [0.4, 0.5) is 32.2 Å². The van der Waals surface area contributed by atoms with Crippen LogP contribution in [-0.2, 0) is 24.3 Å². The number of nitrogens with one attached hydrogen (secondary N) is 1. The van der Waals surface area contributed by atoms with Gasteiger partial charge in [-0.25, -0.2) is 9.48 Å². The molecule has 0 aliphatic carbocycles. The SMILES string of the molecule is CC(C)(Oc1ccccc1CCNc1nn(CCCC(F)(F)F)c(=O)n(CCCC(F)(F)F)c1=O)C(=O)[O-]. The Labute approximate surface area is 213 Å². The van der Waals surface area contributed by atoms with Gasteiger partial charge in [0.1, 0.15) is 11.4 Å². The monoisotopic (exact) mass is 553 g/mol. The van der Waals surface area contributed by atoms with E-state index in [0.717, 1.165) is 0 Å². The molecule has 0 spiro atoms. The number of carboxylic acid groups (broad SMARTS) is 1. The number of aliphatic carboxylic acids is 1. The molecular formula is C23H27F6N4O5-. The van der Waals surface area contributed by atoms with E-state index < -0.39 is 79.8 Å². The molecule has 0 radical (unpaired) electrons. The summed E-state index contributed by atoms with van der Waals surface area (Å²) in [6, 6.07) is 6.41. The minimum atomic E-state index is -4.52. The molecule has 1 heterocycles. The number of benzene rings is 1. The van der Waals surface area contributed by atoms with Crippen molar-refractivity contribution in [3.05, 3.63) is 50.7 Å². The van der Waals surface area contributed by atoms with E-state index in [9.17, 15) is 45.8 Å². The highest BCUT2D eigenvalue weighted by molar-refractivity contribution is 5.74. The molecule has 212 valence electrons. The van der Waals surface area contributed by atoms with Gasteiger partial charge in [0.15, 0.2) is 0 Å². The Bertz CT molecular complexity index is 1220. The van der Waals surface area contributed by atoms with E-state index in [0.29, 0.717) is 14.8 Å². The zero-order valence-corrected chi connectivity index (χ0v) is 20.6. The summed E-state index contributed by atoms with van der Waals surface area (Å²) < 4.78 is 81.9. The number of aryl methyl sites for hydroxylation is 1. The number of rotatable bonds is 13. The number of carboxylic acids is 1. The minimum absolute atomic E-state index is 0.0162. The van der Waals surface area contributed by atoms with Gasteiger partial charge in [-0.3, -0.25) is 9.36 Å². The van der Waals surface area contributed by atoms with Crippen LogP contribution in [0.2, 0.25) is 0 Å². The lowest BCUT2D eigenvalue weighted by molar-refractivity contribution is -0.320. The Kier molecular flexibility index (Phi) is 9.98. The molecule has 0 aliphatic heterocycles. The fourth-order valence-corrected chi connectivity index (χ4v) is 3.32. The van der Waals surface area contributed by atoms with Crippen molar-refractivity contribution >= 4 is 11.8 Å². The van der Waals surface area contributed by atoms with Crippen LogP contribution in [0.1, 0.15) is 45.1 Å². The molecule has 0 unspecified atom stereocenters. The number of hydrogen-bond acceptors (Lipinski definition) is 7. The third-order valence-electron chi connectivity index (χ3n) is 5.31. The first kappa shape index (κ1) is 30.7. The molecule has 0 saturated carbocycles. The summed E-state index contributed by atoms with van der Waals surface area (Å²) in [5, 5.41) is 17.7. The number of halogens is 6. The molecule has 38 heavy (non-hydrogen) atoms. The molecule has 2 aromatic rings. The minimum Gasteiger partial charge on any atom is -0.546 e. The zero-order chi connectivity index (χ0) is 28.7. The first-order chi connectivity index (χ1) is 17.5. The van der Waals surface area contributed by atoms with E-state index in [2.05, 4.69) is 10.4 Å². The Morgan fingerprint density at radius 3 is 2.16 bits per heavy atom. The van der Waals surface area contributed by atoms with Crippen molar-refractivity contribution in [3.8, 4) is 5.75 Å². The van der Waals surface area contributed by atoms with Crippen molar-refractivity contribution in [2.75, 3.05) is 11.9 Å². The Balaban J connectivity index is 2.26. The number of alkyl halides is 6. The summed E-state index contributed by atoms with van der Waals surface area (Å²) >= 11 is 0. The van der Waals surface area contributed by atoms with Crippen LogP contribution in [-0.4, -0.2) is 44.8 Å². The van der Waals surface area contributed by atoms with Crippen molar-refractivity contribution in [2.45, 2.75) is 77.0 Å². The van der Waals surface area contributed by atoms with Gasteiger partial charge in [-0.15, -0.1) is 5.10 Å². The summed E-state index contributed by atoms with van der Waals surface area (Å²) in [5.41, 5.74) is -3.26. The van der Waals surface area contributed by atoms with Gasteiger partial charge in [0.2, 0.25) is 5.82 Å². The zero-order valence-electron chi connectivity index (χ0n) is 20.6. The van der Waals surface area contributed by atoms with E-state index >= 15 is 0 Å². The quantitative estimate of drug-likeness (QED) is 0.379. The molecule has 0 aliphatic rings. The largest absolute Gasteiger partial charge is 0.546 e. The van der Waals surface area contributed by atoms with Gasteiger partial charge in [-0.05, 0) is 44.7 Å². The number of carbonyl (C=O) groups is 1. The van der Waals surface area contributed by atoms with Crippen LogP contribution < -0.4 is 26.4 Å². The highest BCUT2D eigenvalue weighted by Crippen LogP contribution is 2.24. The molecule has 15 heteroatoms. The normalized spacial score (nSPS) is 12.4. The number of hydrogen-bond donors (Lipinski definition) is 1. The summed E-state index contributed by atoms with van der Waals surface area (Å²) in [4.78, 5) is 36.6. The number of carbonyl (C=O) groups excluding carboxylic acids is 1. The maximum atomic E-state index is 12.8. The third kappa shape index (κ3) is 9.41. The standard InChI is InChI=1S/C23H28F6N4O5/c1-21(2,19(35)36)38-16-8-4-3-7-15(16)9-12-30-17-18(34)32(13-5-10-22(24,25)26)20(37)33(31-17)14-6-11-23(27,28)29/h3-4,7-8H,5-6,9-14H2,1-2H3,(H,30,31)(H,35,36)/p-1. The summed E-state index contributed by atoms with van der Waals surface area (Å²) in [6.45, 7) is 1.46. The smallest absolute Gasteiger partial charge is 0.389 e. The lowest BCUT2D eigenvalue weighted by Gasteiger charge is -2.28. The second-order valence-corrected chi connectivity index (χ2v) is 8.93. The van der Waals surface area contributed by atoms with Crippen LogP contribution >= 0.6 is 0 Å². The van der Waals surface area contributed by atoms with Crippen LogP contribution in [0.15, 0.2) is 33.9 Å². The lowest BCUT2D eigenvalue weighted by atomic mass is 10.1. The Morgan fingerprint density at radius 1 is 1.00 bits per heavy atom. The van der Waals surface area contributed by atoms with Gasteiger partial charge < -0.3 is 20.0 Å². The summed E-state index contributed by atoms with van der Waals surface area (Å²) in [6.07, 6.45) is -12.5. The van der Waals surface area contributed by atoms with Crippen LogP contribution in [0.5, 0.6) is 5.75 Å². The number of anilines is 1. The van der Waals surface area contributed by atoms with E-state index in [1.54, 1.807) is 18.2 Å². The van der Waals surface area contributed by atoms with Gasteiger partial charge >= 0.3 is 18.0 Å². The Hall–Kier alpha value is -3.52. The molecule has 1 N–H and O–H groups in total. The maximum Gasteiger partial charge on any atom is 0.389 e. The van der Waals surface area contributed by atoms with Crippen molar-refractivity contribution in [1.82, 2.24) is 14.3 Å². The fraction of sp³-hybridized carbons (Fsp3) is 0.565. The van der Waals surface area contributed by atoms with Crippen molar-refractivity contribution < 1.29 is 41.0 Å². The summed E-state index contributed by atoms with van der Waals surface area (Å²) in [7, 11) is 0. The van der Waals surface area contributed by atoms with Gasteiger partial charge in [0.25, 0.3) is 5.56 Å². The molecular weight excluding hydrogens is 526 g/mol. The molecule has 0 fully saturated rings.